The standard InChI is InChI=1S/C18H24N4OS2/c1-14-6-8-15(9-7-14)24-12-16-19-20-18(21(16)2)25-13-17(23)22-10-4-3-5-11-22/h6-9H,3-5,10-13H2,1-2H3. The van der Waals surface area contributed by atoms with E-state index in [0.717, 1.165) is 42.7 Å². The van der Waals surface area contributed by atoms with E-state index in [2.05, 4.69) is 41.4 Å². The summed E-state index contributed by atoms with van der Waals surface area (Å²) in [7, 11) is 1.97. The van der Waals surface area contributed by atoms with Crippen molar-refractivity contribution >= 4 is 29.4 Å². The van der Waals surface area contributed by atoms with E-state index in [-0.39, 0.29) is 5.91 Å². The number of carbonyl (C=O) groups excluding carboxylic acids is 1. The number of likely N-dealkylation sites (tertiary alicyclic amines) is 1. The molecule has 134 valence electrons. The van der Waals surface area contributed by atoms with Gasteiger partial charge in [0.2, 0.25) is 5.91 Å². The van der Waals surface area contributed by atoms with Gasteiger partial charge in [-0.1, -0.05) is 29.5 Å². The molecule has 0 spiro atoms. The fraction of sp³-hybridized carbons (Fsp3) is 0.500. The summed E-state index contributed by atoms with van der Waals surface area (Å²) in [5.74, 6) is 2.35. The Balaban J connectivity index is 1.51. The molecule has 1 aliphatic heterocycles. The van der Waals surface area contributed by atoms with Gasteiger partial charge in [-0.25, -0.2) is 0 Å². The van der Waals surface area contributed by atoms with E-state index in [9.17, 15) is 4.79 Å². The lowest BCUT2D eigenvalue weighted by Gasteiger charge is -2.26. The Morgan fingerprint density at radius 1 is 1.08 bits per heavy atom. The van der Waals surface area contributed by atoms with Crippen LogP contribution >= 0.6 is 23.5 Å². The van der Waals surface area contributed by atoms with Gasteiger partial charge in [0.25, 0.3) is 0 Å². The van der Waals surface area contributed by atoms with E-state index in [1.807, 2.05) is 16.5 Å². The van der Waals surface area contributed by atoms with Crippen molar-refractivity contribution in [2.45, 2.75) is 42.0 Å². The molecule has 0 bridgehead atoms. The van der Waals surface area contributed by atoms with Crippen LogP contribution in [0.25, 0.3) is 0 Å². The van der Waals surface area contributed by atoms with E-state index < -0.39 is 0 Å². The van der Waals surface area contributed by atoms with Crippen LogP contribution in [-0.2, 0) is 17.6 Å². The molecule has 0 atom stereocenters. The number of nitrogens with zero attached hydrogens (tertiary/aromatic N) is 4. The Bertz CT molecular complexity index is 708. The van der Waals surface area contributed by atoms with Gasteiger partial charge in [-0.2, -0.15) is 0 Å². The SMILES string of the molecule is Cc1ccc(SCc2nnc(SCC(=O)N3CCCCC3)n2C)cc1. The van der Waals surface area contributed by atoms with Crippen LogP contribution in [0.15, 0.2) is 34.3 Å². The Morgan fingerprint density at radius 3 is 2.52 bits per heavy atom. The summed E-state index contributed by atoms with van der Waals surface area (Å²) in [6.45, 7) is 3.89. The molecule has 0 N–H and O–H groups in total. The van der Waals surface area contributed by atoms with Crippen LogP contribution in [0.4, 0.5) is 0 Å². The zero-order chi connectivity index (χ0) is 17.6. The number of amides is 1. The summed E-state index contributed by atoms with van der Waals surface area (Å²) in [6, 6.07) is 8.49. The highest BCUT2D eigenvalue weighted by Gasteiger charge is 2.18. The number of piperidine rings is 1. The average Bonchev–Trinajstić information content (AvgIpc) is 3.00. The summed E-state index contributed by atoms with van der Waals surface area (Å²) in [5.41, 5.74) is 1.26. The molecular formula is C18H24N4OS2. The number of hydrogen-bond acceptors (Lipinski definition) is 5. The van der Waals surface area contributed by atoms with Gasteiger partial charge in [0.1, 0.15) is 5.82 Å². The van der Waals surface area contributed by atoms with Crippen LogP contribution in [0, 0.1) is 6.92 Å². The molecule has 1 aliphatic rings. The summed E-state index contributed by atoms with van der Waals surface area (Å²) >= 11 is 3.23. The lowest BCUT2D eigenvalue weighted by atomic mass is 10.1. The molecule has 1 saturated heterocycles. The van der Waals surface area contributed by atoms with Crippen molar-refractivity contribution in [3.05, 3.63) is 35.7 Å². The molecule has 25 heavy (non-hydrogen) atoms. The van der Waals surface area contributed by atoms with E-state index in [4.69, 9.17) is 0 Å². The second-order valence-electron chi connectivity index (χ2n) is 6.29. The van der Waals surface area contributed by atoms with Crippen LogP contribution in [0.3, 0.4) is 0 Å². The van der Waals surface area contributed by atoms with Gasteiger partial charge in [0.05, 0.1) is 11.5 Å². The highest BCUT2D eigenvalue weighted by atomic mass is 32.2. The maximum atomic E-state index is 12.3. The van der Waals surface area contributed by atoms with E-state index in [1.54, 1.807) is 11.8 Å². The fourth-order valence-electron chi connectivity index (χ4n) is 2.74. The second-order valence-corrected chi connectivity index (χ2v) is 8.28. The number of rotatable bonds is 6. The average molecular weight is 377 g/mol. The summed E-state index contributed by atoms with van der Waals surface area (Å²) in [6.07, 6.45) is 3.49. The molecule has 2 aromatic rings. The van der Waals surface area contributed by atoms with E-state index >= 15 is 0 Å². The normalized spacial score (nSPS) is 14.7. The molecule has 1 fully saturated rings. The zero-order valence-corrected chi connectivity index (χ0v) is 16.4. The maximum Gasteiger partial charge on any atom is 0.233 e. The number of hydrogen-bond donors (Lipinski definition) is 0. The minimum Gasteiger partial charge on any atom is -0.342 e. The van der Waals surface area contributed by atoms with Gasteiger partial charge in [-0.3, -0.25) is 4.79 Å². The molecular weight excluding hydrogens is 352 g/mol. The topological polar surface area (TPSA) is 51.0 Å². The Labute approximate surface area is 157 Å². The molecule has 1 aromatic carbocycles. The summed E-state index contributed by atoms with van der Waals surface area (Å²) < 4.78 is 2.00. The molecule has 0 unspecified atom stereocenters. The number of carbonyl (C=O) groups is 1. The first-order valence-corrected chi connectivity index (χ1v) is 10.6. The third-order valence-electron chi connectivity index (χ3n) is 4.35. The Morgan fingerprint density at radius 2 is 1.80 bits per heavy atom. The van der Waals surface area contributed by atoms with Gasteiger partial charge in [0.15, 0.2) is 5.16 Å². The number of benzene rings is 1. The molecule has 2 heterocycles. The number of thioether (sulfide) groups is 2. The van der Waals surface area contributed by atoms with Crippen molar-refractivity contribution in [2.24, 2.45) is 7.05 Å². The number of aromatic nitrogens is 3. The van der Waals surface area contributed by atoms with Crippen molar-refractivity contribution in [3.8, 4) is 0 Å². The van der Waals surface area contributed by atoms with Crippen LogP contribution in [-0.4, -0.2) is 44.4 Å². The van der Waals surface area contributed by atoms with Gasteiger partial charge >= 0.3 is 0 Å². The predicted octanol–water partition coefficient (Wildman–Crippen LogP) is 3.52. The molecule has 1 aromatic heterocycles. The van der Waals surface area contributed by atoms with Crippen molar-refractivity contribution in [1.29, 1.82) is 0 Å². The lowest BCUT2D eigenvalue weighted by molar-refractivity contribution is -0.129. The first kappa shape index (κ1) is 18.3. The second kappa shape index (κ2) is 8.76. The summed E-state index contributed by atoms with van der Waals surface area (Å²) in [5, 5.41) is 9.35. The Hall–Kier alpha value is -1.47. The van der Waals surface area contributed by atoms with Crippen molar-refractivity contribution < 1.29 is 4.79 Å². The molecule has 1 amide bonds. The van der Waals surface area contributed by atoms with Gasteiger partial charge in [0, 0.05) is 25.0 Å². The minimum atomic E-state index is 0.211. The minimum absolute atomic E-state index is 0.211. The largest absolute Gasteiger partial charge is 0.342 e. The molecule has 0 radical (unpaired) electrons. The quantitative estimate of drug-likeness (QED) is 0.722. The van der Waals surface area contributed by atoms with Crippen molar-refractivity contribution in [3.63, 3.8) is 0 Å². The van der Waals surface area contributed by atoms with Crippen LogP contribution in [0.5, 0.6) is 0 Å². The van der Waals surface area contributed by atoms with Crippen LogP contribution < -0.4 is 0 Å². The maximum absolute atomic E-state index is 12.3. The molecule has 3 rings (SSSR count). The fourth-order valence-corrected chi connectivity index (χ4v) is 4.45. The van der Waals surface area contributed by atoms with E-state index in [1.165, 1.54) is 28.6 Å². The molecule has 0 saturated carbocycles. The van der Waals surface area contributed by atoms with Crippen LogP contribution in [0.2, 0.25) is 0 Å². The predicted molar refractivity (Wildman–Crippen MR) is 103 cm³/mol. The van der Waals surface area contributed by atoms with Gasteiger partial charge in [-0.15, -0.1) is 22.0 Å². The first-order chi connectivity index (χ1) is 12.1. The summed E-state index contributed by atoms with van der Waals surface area (Å²) in [4.78, 5) is 15.5. The first-order valence-electron chi connectivity index (χ1n) is 8.62. The smallest absolute Gasteiger partial charge is 0.233 e. The highest BCUT2D eigenvalue weighted by molar-refractivity contribution is 7.99. The van der Waals surface area contributed by atoms with Gasteiger partial charge in [-0.05, 0) is 38.3 Å². The monoisotopic (exact) mass is 376 g/mol. The van der Waals surface area contributed by atoms with Crippen molar-refractivity contribution in [2.75, 3.05) is 18.8 Å². The third-order valence-corrected chi connectivity index (χ3v) is 6.36. The number of aryl methyl sites for hydroxylation is 1. The van der Waals surface area contributed by atoms with Crippen molar-refractivity contribution in [1.82, 2.24) is 19.7 Å². The van der Waals surface area contributed by atoms with E-state index in [0.29, 0.717) is 5.75 Å². The Kier molecular flexibility index (Phi) is 6.42. The molecule has 0 aliphatic carbocycles. The third kappa shape index (κ3) is 5.01. The zero-order valence-electron chi connectivity index (χ0n) is 14.8. The molecule has 7 heteroatoms. The lowest BCUT2D eigenvalue weighted by Crippen LogP contribution is -2.36. The molecule has 5 nitrogen and oxygen atoms in total. The van der Waals surface area contributed by atoms with Crippen LogP contribution in [0.1, 0.15) is 30.7 Å². The highest BCUT2D eigenvalue weighted by Crippen LogP contribution is 2.24. The van der Waals surface area contributed by atoms with Gasteiger partial charge < -0.3 is 9.47 Å².